The van der Waals surface area contributed by atoms with Crippen LogP contribution in [0.1, 0.15) is 5.56 Å². The third-order valence-electron chi connectivity index (χ3n) is 4.97. The highest BCUT2D eigenvalue weighted by atomic mass is 35.5. The number of benzene rings is 2. The zero-order chi connectivity index (χ0) is 25.4. The van der Waals surface area contributed by atoms with Gasteiger partial charge in [0.1, 0.15) is 25.4 Å². The van der Waals surface area contributed by atoms with Crippen molar-refractivity contribution in [3.8, 4) is 11.5 Å². The molecule has 1 N–H and O–H groups in total. The number of rotatable bonds is 9. The lowest BCUT2D eigenvalue weighted by Crippen LogP contribution is -2.15. The molecule has 190 valence electrons. The van der Waals surface area contributed by atoms with Crippen LogP contribution in [0.2, 0.25) is 5.02 Å². The molecule has 4 rings (SSSR count). The molecule has 0 fully saturated rings. The Morgan fingerprint density at radius 2 is 1.63 bits per heavy atom. The molecule has 0 amide bonds. The molecular weight excluding hydrogens is 498 g/mol. The quantitative estimate of drug-likeness (QED) is 0.328. The van der Waals surface area contributed by atoms with E-state index in [1.165, 1.54) is 5.56 Å². The molecule has 35 heavy (non-hydrogen) atoms. The van der Waals surface area contributed by atoms with E-state index in [-0.39, 0.29) is 0 Å². The van der Waals surface area contributed by atoms with E-state index in [4.69, 9.17) is 35.1 Å². The lowest BCUT2D eigenvalue weighted by atomic mass is 10.1. The average molecular weight is 526 g/mol. The molecule has 0 unspecified atom stereocenters. The van der Waals surface area contributed by atoms with Gasteiger partial charge in [0.05, 0.1) is 25.0 Å². The summed E-state index contributed by atoms with van der Waals surface area (Å²) in [6.45, 7) is 2.61. The molecule has 12 heteroatoms. The van der Waals surface area contributed by atoms with Crippen molar-refractivity contribution in [2.24, 2.45) is 0 Å². The van der Waals surface area contributed by atoms with Crippen LogP contribution in [0.4, 0.5) is 11.5 Å². The Morgan fingerprint density at radius 3 is 2.26 bits per heavy atom. The lowest BCUT2D eigenvalue weighted by molar-refractivity contribution is 0.132. The maximum Gasteiger partial charge on any atom is 0.261 e. The van der Waals surface area contributed by atoms with Crippen LogP contribution in [-0.4, -0.2) is 76.4 Å². The monoisotopic (exact) mass is 525 g/mol. The number of hydrogen-bond acceptors (Lipinski definition) is 9. The fourth-order valence-electron chi connectivity index (χ4n) is 3.53. The van der Waals surface area contributed by atoms with Gasteiger partial charge in [0.2, 0.25) is 0 Å². The second-order valence-electron chi connectivity index (χ2n) is 7.60. The Hall–Kier alpha value is -2.70. The van der Waals surface area contributed by atoms with Crippen LogP contribution in [0.15, 0.2) is 36.7 Å². The summed E-state index contributed by atoms with van der Waals surface area (Å²) in [6.07, 6.45) is 3.23. The third kappa shape index (κ3) is 7.64. The first kappa shape index (κ1) is 26.9. The van der Waals surface area contributed by atoms with Crippen molar-refractivity contribution in [3.05, 3.63) is 47.2 Å². The van der Waals surface area contributed by atoms with Crippen LogP contribution < -0.4 is 14.4 Å². The Balaban J connectivity index is 0.000000623. The number of hydrogen-bond donors (Lipinski definition) is 1. The van der Waals surface area contributed by atoms with Gasteiger partial charge in [-0.05, 0) is 30.2 Å². The van der Waals surface area contributed by atoms with E-state index in [1.807, 2.05) is 24.3 Å². The number of fused-ring (bicyclic) bond motifs is 2. The zero-order valence-electron chi connectivity index (χ0n) is 19.7. The molecule has 0 radical (unpaired) electrons. The molecule has 0 bridgehead atoms. The molecule has 2 aromatic carbocycles. The minimum absolute atomic E-state index is 0.411. The van der Waals surface area contributed by atoms with Crippen molar-refractivity contribution in [3.63, 3.8) is 0 Å². The fourth-order valence-corrected chi connectivity index (χ4v) is 3.70. The summed E-state index contributed by atoms with van der Waals surface area (Å²) in [5.74, 6) is 2.06. The van der Waals surface area contributed by atoms with Gasteiger partial charge in [-0.2, -0.15) is 8.42 Å². The highest BCUT2D eigenvalue weighted by Gasteiger charge is 2.24. The van der Waals surface area contributed by atoms with Gasteiger partial charge in [0.15, 0.2) is 11.5 Å². The van der Waals surface area contributed by atoms with Crippen LogP contribution in [0.5, 0.6) is 11.5 Å². The average Bonchev–Trinajstić information content (AvgIpc) is 3.21. The van der Waals surface area contributed by atoms with Gasteiger partial charge in [-0.1, -0.05) is 17.7 Å². The zero-order valence-corrected chi connectivity index (χ0v) is 21.3. The largest absolute Gasteiger partial charge is 0.487 e. The number of nitrogens with zero attached hydrogens (tertiary/aromatic N) is 3. The Kier molecular flexibility index (Phi) is 9.47. The van der Waals surface area contributed by atoms with Gasteiger partial charge in [0, 0.05) is 42.9 Å². The molecule has 1 aliphatic heterocycles. The number of methoxy groups -OCH3 is 2. The molecular formula is C23H28ClN3O7S. The SMILES string of the molecule is COCCOc1cc2ncnc(N3CCc4ccc(Cl)cc43)c2cc1OCCOC.CS(=O)(=O)O. The van der Waals surface area contributed by atoms with E-state index < -0.39 is 10.1 Å². The Bertz CT molecular complexity index is 1250. The molecule has 0 atom stereocenters. The summed E-state index contributed by atoms with van der Waals surface area (Å²) in [5, 5.41) is 1.59. The maximum absolute atomic E-state index is 9.19. The van der Waals surface area contributed by atoms with E-state index in [1.54, 1.807) is 20.5 Å². The second kappa shape index (κ2) is 12.3. The number of aromatic nitrogens is 2. The van der Waals surface area contributed by atoms with Gasteiger partial charge >= 0.3 is 0 Å². The highest BCUT2D eigenvalue weighted by Crippen LogP contribution is 2.40. The van der Waals surface area contributed by atoms with Gasteiger partial charge in [-0.25, -0.2) is 9.97 Å². The molecule has 1 aromatic heterocycles. The van der Waals surface area contributed by atoms with Crippen LogP contribution in [0, 0.1) is 0 Å². The summed E-state index contributed by atoms with van der Waals surface area (Å²) >= 11 is 6.25. The first-order valence-electron chi connectivity index (χ1n) is 10.7. The minimum Gasteiger partial charge on any atom is -0.487 e. The molecule has 10 nitrogen and oxygen atoms in total. The Morgan fingerprint density at radius 1 is 1.00 bits per heavy atom. The predicted molar refractivity (Wildman–Crippen MR) is 134 cm³/mol. The van der Waals surface area contributed by atoms with E-state index >= 15 is 0 Å². The number of halogens is 1. The van der Waals surface area contributed by atoms with Crippen molar-refractivity contribution in [2.75, 3.05) is 58.3 Å². The standard InChI is InChI=1S/C22H24ClN3O4.CH4O3S/c1-27-7-9-29-20-12-17-18(13-21(20)30-10-8-28-2)24-14-25-22(17)26-6-5-15-3-4-16(23)11-19(15)26;1-5(2,3)4/h3-4,11-14H,5-10H2,1-2H3;1H3,(H,2,3,4). The van der Waals surface area contributed by atoms with Crippen molar-refractivity contribution in [2.45, 2.75) is 6.42 Å². The topological polar surface area (TPSA) is 120 Å². The number of ether oxygens (including phenoxy) is 4. The minimum atomic E-state index is -3.67. The van der Waals surface area contributed by atoms with E-state index in [2.05, 4.69) is 20.9 Å². The van der Waals surface area contributed by atoms with Crippen molar-refractivity contribution < 1.29 is 31.9 Å². The van der Waals surface area contributed by atoms with Gasteiger partial charge < -0.3 is 23.8 Å². The summed E-state index contributed by atoms with van der Waals surface area (Å²) in [6, 6.07) is 9.80. The van der Waals surface area contributed by atoms with Gasteiger partial charge in [-0.3, -0.25) is 4.55 Å². The first-order chi connectivity index (χ1) is 16.7. The lowest BCUT2D eigenvalue weighted by Gasteiger charge is -2.21. The third-order valence-corrected chi connectivity index (χ3v) is 5.20. The van der Waals surface area contributed by atoms with E-state index in [0.717, 1.165) is 35.4 Å². The van der Waals surface area contributed by atoms with E-state index in [9.17, 15) is 8.42 Å². The van der Waals surface area contributed by atoms with Crippen LogP contribution >= 0.6 is 11.6 Å². The van der Waals surface area contributed by atoms with E-state index in [0.29, 0.717) is 49.2 Å². The molecule has 0 spiro atoms. The van der Waals surface area contributed by atoms with Crippen molar-refractivity contribution >= 4 is 44.1 Å². The molecule has 0 aliphatic carbocycles. The second-order valence-corrected chi connectivity index (χ2v) is 9.51. The predicted octanol–water partition coefficient (Wildman–Crippen LogP) is 3.53. The fraction of sp³-hybridized carbons (Fsp3) is 0.391. The van der Waals surface area contributed by atoms with Crippen LogP contribution in [-0.2, 0) is 26.0 Å². The first-order valence-corrected chi connectivity index (χ1v) is 12.9. The molecule has 0 saturated carbocycles. The summed E-state index contributed by atoms with van der Waals surface area (Å²) in [4.78, 5) is 11.2. The summed E-state index contributed by atoms with van der Waals surface area (Å²) in [7, 11) is -0.388. The maximum atomic E-state index is 9.19. The van der Waals surface area contributed by atoms with Gasteiger partial charge in [0.25, 0.3) is 10.1 Å². The summed E-state index contributed by atoms with van der Waals surface area (Å²) < 4.78 is 47.9. The number of anilines is 2. The molecule has 1 aliphatic rings. The highest BCUT2D eigenvalue weighted by molar-refractivity contribution is 7.85. The molecule has 3 aromatic rings. The molecule has 0 saturated heterocycles. The molecule has 2 heterocycles. The Labute approximate surface area is 209 Å². The van der Waals surface area contributed by atoms with Crippen LogP contribution in [0.3, 0.4) is 0 Å². The van der Waals surface area contributed by atoms with Crippen molar-refractivity contribution in [1.82, 2.24) is 9.97 Å². The summed E-state index contributed by atoms with van der Waals surface area (Å²) in [5.41, 5.74) is 3.11. The van der Waals surface area contributed by atoms with Crippen LogP contribution in [0.25, 0.3) is 10.9 Å². The normalized spacial score (nSPS) is 12.8. The smallest absolute Gasteiger partial charge is 0.261 e. The van der Waals surface area contributed by atoms with Gasteiger partial charge in [-0.15, -0.1) is 0 Å². The van der Waals surface area contributed by atoms with Crippen molar-refractivity contribution in [1.29, 1.82) is 0 Å².